The van der Waals surface area contributed by atoms with Crippen LogP contribution in [0.1, 0.15) is 46.0 Å². The van der Waals surface area contributed by atoms with Crippen LogP contribution in [0.25, 0.3) is 0 Å². The normalized spacial score (nSPS) is 43.4. The van der Waals surface area contributed by atoms with E-state index in [1.807, 2.05) is 0 Å². The molecule has 3 nitrogen and oxygen atoms in total. The predicted octanol–water partition coefficient (Wildman–Crippen LogP) is 1.62. The summed E-state index contributed by atoms with van der Waals surface area (Å²) in [6.07, 6.45) is 3.21. The van der Waals surface area contributed by atoms with Crippen LogP contribution in [0, 0.1) is 11.8 Å². The van der Waals surface area contributed by atoms with Crippen molar-refractivity contribution < 1.29 is 15.3 Å². The van der Waals surface area contributed by atoms with Crippen molar-refractivity contribution in [1.29, 1.82) is 0 Å². The van der Waals surface area contributed by atoms with Crippen molar-refractivity contribution in [3.63, 3.8) is 0 Å². The average Bonchev–Trinajstić information content (AvgIpc) is 2.22. The smallest absolute Gasteiger partial charge is 0.0933 e. The number of hydrogen-bond donors (Lipinski definition) is 3. The van der Waals surface area contributed by atoms with E-state index in [1.54, 1.807) is 13.8 Å². The molecule has 2 aliphatic carbocycles. The summed E-state index contributed by atoms with van der Waals surface area (Å²) < 4.78 is 0. The van der Waals surface area contributed by atoms with Crippen LogP contribution < -0.4 is 0 Å². The van der Waals surface area contributed by atoms with Gasteiger partial charge < -0.3 is 15.3 Å². The van der Waals surface area contributed by atoms with Crippen molar-refractivity contribution >= 4 is 0 Å². The third-order valence-corrected chi connectivity index (χ3v) is 4.88. The molecule has 0 aromatic rings. The lowest BCUT2D eigenvalue weighted by Gasteiger charge is -2.50. The van der Waals surface area contributed by atoms with E-state index in [9.17, 15) is 15.3 Å². The minimum absolute atomic E-state index is 0.156. The van der Waals surface area contributed by atoms with Crippen LogP contribution >= 0.6 is 0 Å². The van der Waals surface area contributed by atoms with E-state index in [0.29, 0.717) is 12.8 Å². The number of aliphatic hydroxyl groups is 3. The molecule has 4 atom stereocenters. The molecule has 0 aromatic carbocycles. The molecule has 98 valence electrons. The first kappa shape index (κ1) is 13.1. The average molecular weight is 240 g/mol. The van der Waals surface area contributed by atoms with E-state index < -0.39 is 11.2 Å². The maximum absolute atomic E-state index is 10.6. The number of aliphatic hydroxyl groups excluding tert-OH is 1. The fourth-order valence-corrected chi connectivity index (χ4v) is 3.42. The fourth-order valence-electron chi connectivity index (χ4n) is 3.42. The molecular weight excluding hydrogens is 216 g/mol. The molecule has 0 amide bonds. The minimum Gasteiger partial charge on any atom is -0.393 e. The summed E-state index contributed by atoms with van der Waals surface area (Å²) in [5.74, 6) is 0.378. The van der Waals surface area contributed by atoms with Crippen LogP contribution in [-0.2, 0) is 0 Å². The molecule has 0 saturated heterocycles. The Morgan fingerprint density at radius 2 is 2.00 bits per heavy atom. The summed E-state index contributed by atoms with van der Waals surface area (Å²) in [5, 5.41) is 30.7. The molecule has 17 heavy (non-hydrogen) atoms. The van der Waals surface area contributed by atoms with Gasteiger partial charge >= 0.3 is 0 Å². The molecule has 2 aliphatic rings. The molecule has 0 radical (unpaired) electrons. The zero-order valence-electron chi connectivity index (χ0n) is 10.8. The first-order chi connectivity index (χ1) is 7.74. The molecule has 0 spiro atoms. The van der Waals surface area contributed by atoms with E-state index in [-0.39, 0.29) is 17.9 Å². The van der Waals surface area contributed by atoms with Gasteiger partial charge in [-0.15, -0.1) is 0 Å². The Kier molecular flexibility index (Phi) is 3.13. The van der Waals surface area contributed by atoms with Crippen LogP contribution in [-0.4, -0.2) is 32.6 Å². The summed E-state index contributed by atoms with van der Waals surface area (Å²) in [4.78, 5) is 0. The highest BCUT2D eigenvalue weighted by Gasteiger charge is 2.50. The van der Waals surface area contributed by atoms with Crippen LogP contribution in [0.5, 0.6) is 0 Å². The lowest BCUT2D eigenvalue weighted by molar-refractivity contribution is -0.170. The number of hydrogen-bond acceptors (Lipinski definition) is 3. The second-order valence-corrected chi connectivity index (χ2v) is 6.37. The predicted molar refractivity (Wildman–Crippen MR) is 66.5 cm³/mol. The second kappa shape index (κ2) is 4.08. The molecule has 2 saturated carbocycles. The van der Waals surface area contributed by atoms with E-state index in [4.69, 9.17) is 0 Å². The molecule has 0 aromatic heterocycles. The van der Waals surface area contributed by atoms with E-state index in [2.05, 4.69) is 6.58 Å². The van der Waals surface area contributed by atoms with Crippen molar-refractivity contribution in [3.8, 4) is 0 Å². The first-order valence-electron chi connectivity index (χ1n) is 6.55. The van der Waals surface area contributed by atoms with Gasteiger partial charge in [-0.3, -0.25) is 0 Å². The van der Waals surface area contributed by atoms with Crippen LogP contribution in [0.2, 0.25) is 0 Å². The first-order valence-corrected chi connectivity index (χ1v) is 6.55. The lowest BCUT2D eigenvalue weighted by atomic mass is 9.60. The monoisotopic (exact) mass is 240 g/mol. The Morgan fingerprint density at radius 1 is 1.35 bits per heavy atom. The highest BCUT2D eigenvalue weighted by Crippen LogP contribution is 2.49. The maximum atomic E-state index is 10.6. The molecule has 2 unspecified atom stereocenters. The standard InChI is InChI=1S/C14H24O3/c1-9-4-5-12(15)10-6-7-14(17,8-11(9)10)13(2,3)16/h10-12,15-17H,1,4-8H2,2-3H3/t10?,11?,12-,14+/m0/s1. The third kappa shape index (κ3) is 2.16. The van der Waals surface area contributed by atoms with Crippen molar-refractivity contribution in [2.24, 2.45) is 11.8 Å². The largest absolute Gasteiger partial charge is 0.393 e. The van der Waals surface area contributed by atoms with Crippen molar-refractivity contribution in [3.05, 3.63) is 12.2 Å². The van der Waals surface area contributed by atoms with Gasteiger partial charge in [0, 0.05) is 0 Å². The molecule has 3 N–H and O–H groups in total. The molecular formula is C14H24O3. The summed E-state index contributed by atoms with van der Waals surface area (Å²) >= 11 is 0. The summed E-state index contributed by atoms with van der Waals surface area (Å²) in [6, 6.07) is 0. The Morgan fingerprint density at radius 3 is 2.59 bits per heavy atom. The number of rotatable bonds is 1. The molecule has 2 fully saturated rings. The zero-order chi connectivity index (χ0) is 12.8. The Labute approximate surface area is 103 Å². The van der Waals surface area contributed by atoms with E-state index >= 15 is 0 Å². The summed E-state index contributed by atoms with van der Waals surface area (Å²) in [7, 11) is 0. The molecule has 0 aliphatic heterocycles. The zero-order valence-corrected chi connectivity index (χ0v) is 10.8. The topological polar surface area (TPSA) is 60.7 Å². The van der Waals surface area contributed by atoms with Gasteiger partial charge in [-0.2, -0.15) is 0 Å². The van der Waals surface area contributed by atoms with Crippen molar-refractivity contribution in [2.75, 3.05) is 0 Å². The Balaban J connectivity index is 2.20. The van der Waals surface area contributed by atoms with Crippen LogP contribution in [0.3, 0.4) is 0 Å². The van der Waals surface area contributed by atoms with Gasteiger partial charge in [-0.1, -0.05) is 12.2 Å². The number of allylic oxidation sites excluding steroid dienone is 1. The van der Waals surface area contributed by atoms with Gasteiger partial charge in [0.1, 0.15) is 0 Å². The van der Waals surface area contributed by atoms with Crippen LogP contribution in [0.15, 0.2) is 12.2 Å². The van der Waals surface area contributed by atoms with Gasteiger partial charge in [-0.25, -0.2) is 0 Å². The molecule has 3 heteroatoms. The van der Waals surface area contributed by atoms with Gasteiger partial charge in [0.15, 0.2) is 0 Å². The maximum Gasteiger partial charge on any atom is 0.0933 e. The highest BCUT2D eigenvalue weighted by molar-refractivity contribution is 5.14. The quantitative estimate of drug-likeness (QED) is 0.610. The Hall–Kier alpha value is -0.380. The SMILES string of the molecule is C=C1CC[C@H](O)C2CC[C@](O)(C(C)(C)O)CC12. The van der Waals surface area contributed by atoms with E-state index in [0.717, 1.165) is 24.8 Å². The second-order valence-electron chi connectivity index (χ2n) is 6.37. The molecule has 0 heterocycles. The fraction of sp³-hybridized carbons (Fsp3) is 0.857. The highest BCUT2D eigenvalue weighted by atomic mass is 16.4. The minimum atomic E-state index is -1.10. The summed E-state index contributed by atoms with van der Waals surface area (Å²) in [5.41, 5.74) is -1.02. The third-order valence-electron chi connectivity index (χ3n) is 4.88. The molecule has 2 rings (SSSR count). The van der Waals surface area contributed by atoms with Crippen LogP contribution in [0.4, 0.5) is 0 Å². The van der Waals surface area contributed by atoms with Gasteiger partial charge in [-0.05, 0) is 57.8 Å². The lowest BCUT2D eigenvalue weighted by Crippen LogP contribution is -2.56. The van der Waals surface area contributed by atoms with Crippen molar-refractivity contribution in [2.45, 2.75) is 63.3 Å². The van der Waals surface area contributed by atoms with Gasteiger partial charge in [0.2, 0.25) is 0 Å². The van der Waals surface area contributed by atoms with Crippen molar-refractivity contribution in [1.82, 2.24) is 0 Å². The Bertz CT molecular complexity index is 318. The van der Waals surface area contributed by atoms with Gasteiger partial charge in [0.25, 0.3) is 0 Å². The molecule has 0 bridgehead atoms. The number of fused-ring (bicyclic) bond motifs is 1. The van der Waals surface area contributed by atoms with E-state index in [1.165, 1.54) is 0 Å². The summed E-state index contributed by atoms with van der Waals surface area (Å²) in [6.45, 7) is 7.40. The van der Waals surface area contributed by atoms with Gasteiger partial charge in [0.05, 0.1) is 17.3 Å².